The normalized spacial score (nSPS) is 14.9. The van der Waals surface area contributed by atoms with E-state index in [-0.39, 0.29) is 9.79 Å². The lowest BCUT2D eigenvalue weighted by Gasteiger charge is -2.34. The molecule has 0 atom stereocenters. The van der Waals surface area contributed by atoms with E-state index in [2.05, 4.69) is 19.2 Å². The molecular weight excluding hydrogens is 593 g/mol. The highest BCUT2D eigenvalue weighted by atomic mass is 32.2. The number of hydrogen-bond donors (Lipinski definition) is 2. The summed E-state index contributed by atoms with van der Waals surface area (Å²) in [5, 5.41) is 0. The standard InChI is InChI=1S/C34H40N4O4S2/c39-43(40,33-17-13-31(14-18-33)29-9-3-1-4-10-29)35-21-7-23-37-25-27-38(28-26-37)24-8-22-36-44(41,42)34-19-15-32(16-20-34)30-11-5-2-6-12-30/h1-6,9-20,35-36H,7-8,21-28H2. The molecule has 0 amide bonds. The minimum Gasteiger partial charge on any atom is -0.301 e. The Bertz CT molecular complexity index is 1550. The number of piperazine rings is 1. The molecule has 2 N–H and O–H groups in total. The molecule has 0 saturated carbocycles. The number of sulfonamides is 2. The van der Waals surface area contributed by atoms with Gasteiger partial charge >= 0.3 is 0 Å². The van der Waals surface area contributed by atoms with Gasteiger partial charge in [0.05, 0.1) is 9.79 Å². The summed E-state index contributed by atoms with van der Waals surface area (Å²) in [6.45, 7) is 6.06. The van der Waals surface area contributed by atoms with Crippen LogP contribution in [0.1, 0.15) is 12.8 Å². The molecule has 4 aromatic rings. The van der Waals surface area contributed by atoms with Crippen LogP contribution in [0.3, 0.4) is 0 Å². The molecular formula is C34H40N4O4S2. The first-order chi connectivity index (χ1) is 21.3. The molecule has 1 fully saturated rings. The summed E-state index contributed by atoms with van der Waals surface area (Å²) < 4.78 is 56.4. The van der Waals surface area contributed by atoms with Crippen LogP contribution in [0.2, 0.25) is 0 Å². The van der Waals surface area contributed by atoms with Crippen LogP contribution in [0.5, 0.6) is 0 Å². The lowest BCUT2D eigenvalue weighted by molar-refractivity contribution is 0.131. The lowest BCUT2D eigenvalue weighted by atomic mass is 10.1. The van der Waals surface area contributed by atoms with Gasteiger partial charge in [-0.25, -0.2) is 26.3 Å². The van der Waals surface area contributed by atoms with E-state index in [0.717, 1.165) is 74.4 Å². The SMILES string of the molecule is O=S(=O)(NCCCN1CCN(CCCNS(=O)(=O)c2ccc(-c3ccccc3)cc2)CC1)c1ccc(-c2ccccc2)cc1. The van der Waals surface area contributed by atoms with E-state index in [9.17, 15) is 16.8 Å². The molecule has 0 radical (unpaired) electrons. The van der Waals surface area contributed by atoms with Crippen molar-refractivity contribution in [1.82, 2.24) is 19.2 Å². The van der Waals surface area contributed by atoms with Gasteiger partial charge in [0.2, 0.25) is 20.0 Å². The van der Waals surface area contributed by atoms with E-state index in [1.807, 2.05) is 84.9 Å². The Morgan fingerprint density at radius 1 is 0.455 bits per heavy atom. The zero-order valence-electron chi connectivity index (χ0n) is 24.8. The van der Waals surface area contributed by atoms with Gasteiger partial charge < -0.3 is 9.80 Å². The molecule has 0 bridgehead atoms. The fourth-order valence-corrected chi connectivity index (χ4v) is 7.48. The van der Waals surface area contributed by atoms with Gasteiger partial charge in [-0.15, -0.1) is 0 Å². The molecule has 0 aliphatic carbocycles. The van der Waals surface area contributed by atoms with Gasteiger partial charge in [-0.05, 0) is 72.5 Å². The minimum atomic E-state index is -3.55. The summed E-state index contributed by atoms with van der Waals surface area (Å²) in [6.07, 6.45) is 1.46. The first-order valence-corrected chi connectivity index (χ1v) is 18.0. The summed E-state index contributed by atoms with van der Waals surface area (Å²) in [6, 6.07) is 33.7. The zero-order chi connectivity index (χ0) is 30.8. The van der Waals surface area contributed by atoms with Crippen molar-refractivity contribution < 1.29 is 16.8 Å². The van der Waals surface area contributed by atoms with Gasteiger partial charge in [-0.3, -0.25) is 0 Å². The highest BCUT2D eigenvalue weighted by Crippen LogP contribution is 2.22. The summed E-state index contributed by atoms with van der Waals surface area (Å²) in [5.41, 5.74) is 4.07. The molecule has 4 aromatic carbocycles. The topological polar surface area (TPSA) is 98.8 Å². The molecule has 0 aromatic heterocycles. The second-order valence-corrected chi connectivity index (χ2v) is 14.5. The number of nitrogens with zero attached hydrogens (tertiary/aromatic N) is 2. The van der Waals surface area contributed by atoms with E-state index in [1.54, 1.807) is 24.3 Å². The molecule has 5 rings (SSSR count). The van der Waals surface area contributed by atoms with E-state index < -0.39 is 20.0 Å². The second-order valence-electron chi connectivity index (χ2n) is 11.0. The molecule has 1 heterocycles. The Morgan fingerprint density at radius 3 is 1.11 bits per heavy atom. The van der Waals surface area contributed by atoms with Crippen molar-refractivity contribution in [2.45, 2.75) is 22.6 Å². The highest BCUT2D eigenvalue weighted by Gasteiger charge is 2.18. The Labute approximate surface area is 261 Å². The maximum atomic E-state index is 12.7. The summed E-state index contributed by atoms with van der Waals surface area (Å²) in [7, 11) is -7.10. The van der Waals surface area contributed by atoms with Gasteiger partial charge in [-0.1, -0.05) is 84.9 Å². The van der Waals surface area contributed by atoms with Crippen LogP contribution >= 0.6 is 0 Å². The van der Waals surface area contributed by atoms with Crippen molar-refractivity contribution >= 4 is 20.0 Å². The number of nitrogens with one attached hydrogen (secondary N) is 2. The molecule has 232 valence electrons. The van der Waals surface area contributed by atoms with Gasteiger partial charge in [0.1, 0.15) is 0 Å². The molecule has 44 heavy (non-hydrogen) atoms. The monoisotopic (exact) mass is 632 g/mol. The van der Waals surface area contributed by atoms with E-state index >= 15 is 0 Å². The molecule has 1 aliphatic rings. The van der Waals surface area contributed by atoms with E-state index in [1.165, 1.54) is 0 Å². The van der Waals surface area contributed by atoms with E-state index in [4.69, 9.17) is 0 Å². The van der Waals surface area contributed by atoms with Crippen molar-refractivity contribution in [2.24, 2.45) is 0 Å². The smallest absolute Gasteiger partial charge is 0.240 e. The van der Waals surface area contributed by atoms with Crippen LogP contribution in [0.15, 0.2) is 119 Å². The summed E-state index contributed by atoms with van der Waals surface area (Å²) in [4.78, 5) is 5.24. The third-order valence-corrected chi connectivity index (χ3v) is 10.8. The zero-order valence-corrected chi connectivity index (χ0v) is 26.4. The number of benzene rings is 4. The van der Waals surface area contributed by atoms with Crippen molar-refractivity contribution in [3.63, 3.8) is 0 Å². The van der Waals surface area contributed by atoms with E-state index in [0.29, 0.717) is 13.1 Å². The Balaban J connectivity index is 0.960. The molecule has 8 nitrogen and oxygen atoms in total. The largest absolute Gasteiger partial charge is 0.301 e. The lowest BCUT2D eigenvalue weighted by Crippen LogP contribution is -2.47. The van der Waals surface area contributed by atoms with Crippen molar-refractivity contribution in [3.8, 4) is 22.3 Å². The Morgan fingerprint density at radius 2 is 0.773 bits per heavy atom. The molecule has 0 spiro atoms. The Kier molecular flexibility index (Phi) is 11.0. The van der Waals surface area contributed by atoms with Gasteiger partial charge in [0.25, 0.3) is 0 Å². The summed E-state index contributed by atoms with van der Waals surface area (Å²) >= 11 is 0. The predicted octanol–water partition coefficient (Wildman–Crippen LogP) is 4.68. The van der Waals surface area contributed by atoms with Crippen molar-refractivity contribution in [1.29, 1.82) is 0 Å². The minimum absolute atomic E-state index is 0.272. The fourth-order valence-electron chi connectivity index (χ4n) is 5.34. The third-order valence-electron chi connectivity index (χ3n) is 7.89. The predicted molar refractivity (Wildman–Crippen MR) is 176 cm³/mol. The van der Waals surface area contributed by atoms with Crippen LogP contribution in [0.25, 0.3) is 22.3 Å². The van der Waals surface area contributed by atoms with Gasteiger partial charge in [0, 0.05) is 39.3 Å². The molecule has 1 saturated heterocycles. The highest BCUT2D eigenvalue weighted by molar-refractivity contribution is 7.89. The first kappa shape index (κ1) is 32.0. The first-order valence-electron chi connectivity index (χ1n) is 15.1. The maximum Gasteiger partial charge on any atom is 0.240 e. The molecule has 10 heteroatoms. The quantitative estimate of drug-likeness (QED) is 0.196. The van der Waals surface area contributed by atoms with Crippen LogP contribution in [-0.4, -0.2) is 79.0 Å². The van der Waals surface area contributed by atoms with Gasteiger partial charge in [0.15, 0.2) is 0 Å². The van der Waals surface area contributed by atoms with Crippen LogP contribution in [0, 0.1) is 0 Å². The average Bonchev–Trinajstić information content (AvgIpc) is 3.07. The molecule has 1 aliphatic heterocycles. The Hall–Kier alpha value is -3.38. The number of hydrogen-bond acceptors (Lipinski definition) is 6. The van der Waals surface area contributed by atoms with Crippen LogP contribution in [0.4, 0.5) is 0 Å². The molecule has 0 unspecified atom stereocenters. The van der Waals surface area contributed by atoms with Crippen LogP contribution < -0.4 is 9.44 Å². The average molecular weight is 633 g/mol. The van der Waals surface area contributed by atoms with Crippen molar-refractivity contribution in [3.05, 3.63) is 109 Å². The second kappa shape index (κ2) is 15.1. The number of rotatable bonds is 14. The maximum absolute atomic E-state index is 12.7. The fraction of sp³-hybridized carbons (Fsp3) is 0.294. The summed E-state index contributed by atoms with van der Waals surface area (Å²) in [5.74, 6) is 0. The van der Waals surface area contributed by atoms with Gasteiger partial charge in [-0.2, -0.15) is 0 Å². The van der Waals surface area contributed by atoms with Crippen molar-refractivity contribution in [2.75, 3.05) is 52.4 Å². The van der Waals surface area contributed by atoms with Crippen LogP contribution in [-0.2, 0) is 20.0 Å². The third kappa shape index (κ3) is 8.84.